The van der Waals surface area contributed by atoms with Gasteiger partial charge in [0.1, 0.15) is 0 Å². The number of fused-ring (bicyclic) bond motifs is 1. The Labute approximate surface area is 258 Å². The monoisotopic (exact) mass is 556 g/mol. The second-order valence-corrected chi connectivity index (χ2v) is 10.4. The maximum atomic E-state index is 4.37. The highest BCUT2D eigenvalue weighted by Gasteiger charge is 2.20. The van der Waals surface area contributed by atoms with Crippen LogP contribution in [0.1, 0.15) is 46.7 Å². The van der Waals surface area contributed by atoms with Crippen LogP contribution in [-0.4, -0.2) is 0 Å². The largest absolute Gasteiger partial charge is 0.103 e. The van der Waals surface area contributed by atoms with E-state index >= 15 is 0 Å². The zero-order chi connectivity index (χ0) is 30.9. The summed E-state index contributed by atoms with van der Waals surface area (Å²) in [5.74, 6) is 0. The molecule has 4 aromatic rings. The number of hydrogen-bond acceptors (Lipinski definition) is 0. The van der Waals surface area contributed by atoms with E-state index in [1.807, 2.05) is 37.3 Å². The fourth-order valence-corrected chi connectivity index (χ4v) is 5.59. The fraction of sp³-hybridized carbons (Fsp3) is 0.0698. The lowest BCUT2D eigenvalue weighted by Crippen LogP contribution is -2.00. The van der Waals surface area contributed by atoms with Gasteiger partial charge in [-0.15, -0.1) is 6.58 Å². The quantitative estimate of drug-likeness (QED) is 0.120. The highest BCUT2D eigenvalue weighted by molar-refractivity contribution is 6.11. The van der Waals surface area contributed by atoms with Crippen molar-refractivity contribution in [2.45, 2.75) is 20.3 Å². The lowest BCUT2D eigenvalue weighted by Gasteiger charge is -2.22. The number of benzene rings is 4. The van der Waals surface area contributed by atoms with Crippen molar-refractivity contribution in [1.29, 1.82) is 0 Å². The Hall–Kier alpha value is -5.20. The van der Waals surface area contributed by atoms with Crippen molar-refractivity contribution in [1.82, 2.24) is 0 Å². The van der Waals surface area contributed by atoms with Gasteiger partial charge in [-0.25, -0.2) is 0 Å². The Morgan fingerprint density at radius 1 is 0.698 bits per heavy atom. The molecular formula is C43H40. The predicted molar refractivity (Wildman–Crippen MR) is 195 cm³/mol. The van der Waals surface area contributed by atoms with E-state index in [-0.39, 0.29) is 0 Å². The van der Waals surface area contributed by atoms with Gasteiger partial charge in [-0.05, 0) is 92.3 Å². The molecule has 4 aromatic carbocycles. The molecule has 0 aliphatic rings. The zero-order valence-electron chi connectivity index (χ0n) is 25.5. The number of aryl methyl sites for hydroxylation is 1. The average Bonchev–Trinajstić information content (AvgIpc) is 3.04. The average molecular weight is 557 g/mol. The van der Waals surface area contributed by atoms with Crippen LogP contribution >= 0.6 is 0 Å². The van der Waals surface area contributed by atoms with Crippen molar-refractivity contribution < 1.29 is 0 Å². The normalized spacial score (nSPS) is 12.1. The smallest absolute Gasteiger partial charge is 0.00237 e. The van der Waals surface area contributed by atoms with E-state index in [1.165, 1.54) is 5.56 Å². The molecule has 0 heterocycles. The van der Waals surface area contributed by atoms with Crippen molar-refractivity contribution in [3.63, 3.8) is 0 Å². The van der Waals surface area contributed by atoms with Crippen LogP contribution in [0.5, 0.6) is 0 Å². The molecule has 0 bridgehead atoms. The summed E-state index contributed by atoms with van der Waals surface area (Å²) in [6.45, 7) is 29.2. The second-order valence-electron chi connectivity index (χ2n) is 10.4. The van der Waals surface area contributed by atoms with Gasteiger partial charge in [0.2, 0.25) is 0 Å². The van der Waals surface area contributed by atoms with E-state index in [2.05, 4.69) is 137 Å². The minimum Gasteiger partial charge on any atom is -0.103 e. The van der Waals surface area contributed by atoms with Gasteiger partial charge in [-0.3, -0.25) is 0 Å². The standard InChI is InChI=1S/C43H40/c1-9-17-33(12-4)39(29-22-31(8)34-23-20-30(7)21-24-34)43-38(14-6)37(13-5)42(40-18-15-16-19-41(40)43)36-27-25-35(26-28-36)32(10-2)11-3/h9-16,18-29H,1-2,4-6,8,17H2,3,7H3/b29-22-,32-11+,39-33+. The summed E-state index contributed by atoms with van der Waals surface area (Å²) in [4.78, 5) is 0. The Bertz CT molecular complexity index is 1810. The van der Waals surface area contributed by atoms with E-state index in [4.69, 9.17) is 0 Å². The van der Waals surface area contributed by atoms with Gasteiger partial charge in [0.25, 0.3) is 0 Å². The molecule has 4 rings (SSSR count). The molecule has 0 saturated heterocycles. The molecule has 43 heavy (non-hydrogen) atoms. The summed E-state index contributed by atoms with van der Waals surface area (Å²) in [5.41, 5.74) is 13.0. The topological polar surface area (TPSA) is 0 Å². The maximum Gasteiger partial charge on any atom is -0.00237 e. The van der Waals surface area contributed by atoms with Gasteiger partial charge in [0.15, 0.2) is 0 Å². The summed E-state index contributed by atoms with van der Waals surface area (Å²) in [6, 6.07) is 25.7. The molecule has 0 nitrogen and oxygen atoms in total. The summed E-state index contributed by atoms with van der Waals surface area (Å²) >= 11 is 0. The first-order chi connectivity index (χ1) is 20.9. The predicted octanol–water partition coefficient (Wildman–Crippen LogP) is 12.5. The molecule has 0 fully saturated rings. The highest BCUT2D eigenvalue weighted by atomic mass is 14.2. The van der Waals surface area contributed by atoms with Crippen LogP contribution in [0.4, 0.5) is 0 Å². The second kappa shape index (κ2) is 14.1. The molecule has 0 radical (unpaired) electrons. The molecule has 0 unspecified atom stereocenters. The van der Waals surface area contributed by atoms with Crippen LogP contribution < -0.4 is 0 Å². The van der Waals surface area contributed by atoms with E-state index in [0.717, 1.165) is 72.0 Å². The minimum atomic E-state index is 0.675. The molecule has 212 valence electrons. The minimum absolute atomic E-state index is 0.675. The van der Waals surface area contributed by atoms with E-state index < -0.39 is 0 Å². The molecule has 0 aliphatic carbocycles. The molecule has 0 atom stereocenters. The molecular weight excluding hydrogens is 516 g/mol. The van der Waals surface area contributed by atoms with E-state index in [9.17, 15) is 0 Å². The summed E-state index contributed by atoms with van der Waals surface area (Å²) in [7, 11) is 0. The van der Waals surface area contributed by atoms with Gasteiger partial charge in [-0.1, -0.05) is 160 Å². The lowest BCUT2D eigenvalue weighted by atomic mass is 9.81. The Morgan fingerprint density at radius 3 is 1.88 bits per heavy atom. The zero-order valence-corrected chi connectivity index (χ0v) is 25.5. The molecule has 0 spiro atoms. The number of allylic oxidation sites excluding steroid dienone is 10. The lowest BCUT2D eigenvalue weighted by molar-refractivity contribution is 1.30. The maximum absolute atomic E-state index is 4.37. The summed E-state index contributed by atoms with van der Waals surface area (Å²) in [5, 5.41) is 2.28. The van der Waals surface area contributed by atoms with Crippen LogP contribution in [0.15, 0.2) is 154 Å². The summed E-state index contributed by atoms with van der Waals surface area (Å²) < 4.78 is 0. The van der Waals surface area contributed by atoms with Crippen LogP contribution in [0.25, 0.3) is 50.8 Å². The van der Waals surface area contributed by atoms with Crippen LogP contribution in [-0.2, 0) is 0 Å². The van der Waals surface area contributed by atoms with Crippen LogP contribution in [0, 0.1) is 6.92 Å². The van der Waals surface area contributed by atoms with Gasteiger partial charge >= 0.3 is 0 Å². The van der Waals surface area contributed by atoms with E-state index in [0.29, 0.717) is 6.42 Å². The Kier molecular flexibility index (Phi) is 10.1. The summed E-state index contributed by atoms with van der Waals surface area (Å²) in [6.07, 6.45) is 16.6. The first kappa shape index (κ1) is 30.8. The van der Waals surface area contributed by atoms with Crippen molar-refractivity contribution in [2.75, 3.05) is 0 Å². The highest BCUT2D eigenvalue weighted by Crippen LogP contribution is 2.43. The van der Waals surface area contributed by atoms with Crippen molar-refractivity contribution in [3.8, 4) is 11.1 Å². The van der Waals surface area contributed by atoms with Crippen LogP contribution in [0.3, 0.4) is 0 Å². The third-order valence-corrected chi connectivity index (χ3v) is 7.84. The SMILES string of the molecule is C=CC/C(C=C)=C(\C=C/C(=C)c1ccc(C)cc1)c1c(C=C)c(C=C)c(-c2ccc(/C(C=C)=C/C)cc2)c2ccccc12. The van der Waals surface area contributed by atoms with Gasteiger partial charge in [0.05, 0.1) is 0 Å². The first-order valence-electron chi connectivity index (χ1n) is 14.6. The van der Waals surface area contributed by atoms with E-state index in [1.54, 1.807) is 0 Å². The van der Waals surface area contributed by atoms with Crippen molar-refractivity contribution in [3.05, 3.63) is 188 Å². The van der Waals surface area contributed by atoms with Crippen molar-refractivity contribution >= 4 is 39.6 Å². The molecule has 0 aromatic heterocycles. The Morgan fingerprint density at radius 2 is 1.33 bits per heavy atom. The Balaban J connectivity index is 2.04. The fourth-order valence-electron chi connectivity index (χ4n) is 5.59. The molecule has 0 aliphatic heterocycles. The van der Waals surface area contributed by atoms with Crippen LogP contribution in [0.2, 0.25) is 0 Å². The molecule has 0 saturated carbocycles. The van der Waals surface area contributed by atoms with Crippen molar-refractivity contribution in [2.24, 2.45) is 0 Å². The molecule has 0 amide bonds. The molecule has 0 heteroatoms. The number of rotatable bonds is 12. The first-order valence-corrected chi connectivity index (χ1v) is 14.6. The molecule has 0 N–H and O–H groups in total. The number of hydrogen-bond donors (Lipinski definition) is 0. The van der Waals surface area contributed by atoms with Gasteiger partial charge in [-0.2, -0.15) is 0 Å². The van der Waals surface area contributed by atoms with Gasteiger partial charge < -0.3 is 0 Å². The third kappa shape index (κ3) is 6.35. The third-order valence-electron chi connectivity index (χ3n) is 7.84. The van der Waals surface area contributed by atoms with Gasteiger partial charge in [0, 0.05) is 0 Å².